The highest BCUT2D eigenvalue weighted by Gasteiger charge is 2.30. The van der Waals surface area contributed by atoms with E-state index in [1.54, 1.807) is 0 Å². The lowest BCUT2D eigenvalue weighted by atomic mass is 9.80. The van der Waals surface area contributed by atoms with Gasteiger partial charge >= 0.3 is 6.03 Å². The van der Waals surface area contributed by atoms with Crippen LogP contribution in [0.1, 0.15) is 49.7 Å². The zero-order chi connectivity index (χ0) is 19.4. The number of aryl methyl sites for hydroxylation is 1. The number of nitrogens with two attached hydrogens (primary N) is 1. The van der Waals surface area contributed by atoms with Crippen LogP contribution in [0.4, 0.5) is 10.5 Å². The predicted molar refractivity (Wildman–Crippen MR) is 114 cm³/mol. The number of alkyl halides is 2. The molecule has 2 amide bonds. The molecule has 1 saturated carbocycles. The molecule has 150 valence electrons. The molecule has 2 fully saturated rings. The van der Waals surface area contributed by atoms with E-state index in [-0.39, 0.29) is 10.8 Å². The summed E-state index contributed by atoms with van der Waals surface area (Å²) in [7, 11) is 0. The normalized spacial score (nSPS) is 29.4. The maximum Gasteiger partial charge on any atom is 0.316 e. The lowest BCUT2D eigenvalue weighted by molar-refractivity contribution is 0.141. The molecule has 1 heterocycles. The van der Waals surface area contributed by atoms with E-state index in [1.807, 2.05) is 12.1 Å². The van der Waals surface area contributed by atoms with Crippen molar-refractivity contribution in [1.82, 2.24) is 4.90 Å². The van der Waals surface area contributed by atoms with Crippen LogP contribution in [-0.4, -0.2) is 34.8 Å². The van der Waals surface area contributed by atoms with E-state index < -0.39 is 6.03 Å². The van der Waals surface area contributed by atoms with Crippen molar-refractivity contribution in [2.24, 2.45) is 17.6 Å². The Kier molecular flexibility index (Phi) is 7.29. The molecule has 3 N–H and O–H groups in total. The van der Waals surface area contributed by atoms with Crippen molar-refractivity contribution in [1.29, 1.82) is 0 Å². The summed E-state index contributed by atoms with van der Waals surface area (Å²) in [4.78, 5) is 13.8. The number of urea groups is 1. The fourth-order valence-electron chi connectivity index (χ4n) is 4.72. The number of carbonyl (C=O) groups is 1. The van der Waals surface area contributed by atoms with Gasteiger partial charge in [0.2, 0.25) is 0 Å². The number of anilines is 1. The standard InChI is InChI=1S/C21H31Cl2N3O/c1-14-4-2-6-20(25-21(24)27)17(14)13-26-9-3-5-16(12-26)10-15-7-8-18(22)19(23)11-15/h2,4,6,15-16,18-19H,3,5,7-13H2,1H3,(H3,24,25,27)/t15?,16?,18-,19+/m0/s1. The monoisotopic (exact) mass is 411 g/mol. The van der Waals surface area contributed by atoms with Gasteiger partial charge < -0.3 is 11.1 Å². The minimum atomic E-state index is -0.510. The first-order chi connectivity index (χ1) is 12.9. The van der Waals surface area contributed by atoms with Gasteiger partial charge in [-0.15, -0.1) is 23.2 Å². The Balaban J connectivity index is 1.60. The average molecular weight is 412 g/mol. The lowest BCUT2D eigenvalue weighted by Crippen LogP contribution is -2.37. The van der Waals surface area contributed by atoms with Crippen molar-refractivity contribution >= 4 is 34.9 Å². The number of hydrogen-bond donors (Lipinski definition) is 2. The molecule has 1 aromatic rings. The van der Waals surface area contributed by atoms with E-state index in [4.69, 9.17) is 28.9 Å². The average Bonchev–Trinajstić information content (AvgIpc) is 2.61. The zero-order valence-corrected chi connectivity index (χ0v) is 17.6. The van der Waals surface area contributed by atoms with Crippen LogP contribution in [0.25, 0.3) is 0 Å². The van der Waals surface area contributed by atoms with Gasteiger partial charge in [-0.05, 0) is 81.0 Å². The van der Waals surface area contributed by atoms with E-state index >= 15 is 0 Å². The molecule has 2 unspecified atom stereocenters. The van der Waals surface area contributed by atoms with Gasteiger partial charge in [0.1, 0.15) is 0 Å². The van der Waals surface area contributed by atoms with E-state index in [2.05, 4.69) is 23.2 Å². The molecule has 0 aromatic heterocycles. The second-order valence-corrected chi connectivity index (χ2v) is 9.40. The summed E-state index contributed by atoms with van der Waals surface area (Å²) in [5.41, 5.74) is 8.52. The minimum absolute atomic E-state index is 0.125. The number of nitrogens with one attached hydrogen (secondary N) is 1. The van der Waals surface area contributed by atoms with Gasteiger partial charge in [-0.3, -0.25) is 4.90 Å². The summed E-state index contributed by atoms with van der Waals surface area (Å²) >= 11 is 12.7. The molecule has 1 saturated heterocycles. The summed E-state index contributed by atoms with van der Waals surface area (Å²) in [6.07, 6.45) is 7.08. The van der Waals surface area contributed by atoms with Crippen molar-refractivity contribution < 1.29 is 4.79 Å². The molecule has 4 atom stereocenters. The van der Waals surface area contributed by atoms with Crippen molar-refractivity contribution in [2.75, 3.05) is 18.4 Å². The summed E-state index contributed by atoms with van der Waals surface area (Å²) in [6, 6.07) is 5.47. The van der Waals surface area contributed by atoms with Crippen molar-refractivity contribution in [3.8, 4) is 0 Å². The van der Waals surface area contributed by atoms with Gasteiger partial charge in [-0.25, -0.2) is 4.79 Å². The van der Waals surface area contributed by atoms with Crippen molar-refractivity contribution in [3.63, 3.8) is 0 Å². The maximum absolute atomic E-state index is 11.3. The number of likely N-dealkylation sites (tertiary alicyclic amines) is 1. The molecule has 1 aliphatic carbocycles. The molecule has 3 rings (SSSR count). The van der Waals surface area contributed by atoms with Crippen LogP contribution in [0.3, 0.4) is 0 Å². The van der Waals surface area contributed by atoms with Gasteiger partial charge in [0.25, 0.3) is 0 Å². The predicted octanol–water partition coefficient (Wildman–Crippen LogP) is 5.10. The third-order valence-corrected chi connectivity index (χ3v) is 7.25. The molecule has 4 nitrogen and oxygen atoms in total. The Hall–Kier alpha value is -0.970. The fourth-order valence-corrected chi connectivity index (χ4v) is 5.32. The van der Waals surface area contributed by atoms with Crippen LogP contribution in [0.5, 0.6) is 0 Å². The first kappa shape index (κ1) is 20.8. The van der Waals surface area contributed by atoms with E-state index in [0.717, 1.165) is 44.1 Å². The van der Waals surface area contributed by atoms with Crippen LogP contribution in [0.2, 0.25) is 0 Å². The van der Waals surface area contributed by atoms with Crippen molar-refractivity contribution in [3.05, 3.63) is 29.3 Å². The van der Waals surface area contributed by atoms with Crippen LogP contribution in [-0.2, 0) is 6.54 Å². The van der Waals surface area contributed by atoms with Gasteiger partial charge in [-0.1, -0.05) is 12.1 Å². The fraction of sp³-hybridized carbons (Fsp3) is 0.667. The van der Waals surface area contributed by atoms with Crippen LogP contribution in [0, 0.1) is 18.8 Å². The number of nitrogens with zero attached hydrogens (tertiary/aromatic N) is 1. The van der Waals surface area contributed by atoms with Gasteiger partial charge in [0.05, 0.1) is 5.38 Å². The molecule has 6 heteroatoms. The smallest absolute Gasteiger partial charge is 0.316 e. The Labute approximate surface area is 172 Å². The second-order valence-electron chi connectivity index (χ2n) is 8.28. The molecule has 0 bridgehead atoms. The summed E-state index contributed by atoms with van der Waals surface area (Å²) in [5.74, 6) is 1.43. The van der Waals surface area contributed by atoms with E-state index in [9.17, 15) is 4.79 Å². The first-order valence-electron chi connectivity index (χ1n) is 10.1. The van der Waals surface area contributed by atoms with Gasteiger partial charge in [0, 0.05) is 24.2 Å². The van der Waals surface area contributed by atoms with Crippen molar-refractivity contribution in [2.45, 2.75) is 62.7 Å². The lowest BCUT2D eigenvalue weighted by Gasteiger charge is -2.37. The SMILES string of the molecule is Cc1cccc(NC(N)=O)c1CN1CCCC(CC2CC[C@H](Cl)[C@H](Cl)C2)C1. The third-order valence-electron chi connectivity index (χ3n) is 6.12. The largest absolute Gasteiger partial charge is 0.351 e. The minimum Gasteiger partial charge on any atom is -0.351 e. The van der Waals surface area contributed by atoms with E-state index in [1.165, 1.54) is 36.8 Å². The number of carbonyl (C=O) groups excluding carboxylic acids is 1. The highest BCUT2D eigenvalue weighted by atomic mass is 35.5. The number of benzene rings is 1. The molecular weight excluding hydrogens is 381 g/mol. The molecule has 0 radical (unpaired) electrons. The van der Waals surface area contributed by atoms with E-state index in [0.29, 0.717) is 5.92 Å². The Morgan fingerprint density at radius 3 is 2.78 bits per heavy atom. The number of halogens is 2. The summed E-state index contributed by atoms with van der Waals surface area (Å²) < 4.78 is 0. The maximum atomic E-state index is 11.3. The van der Waals surface area contributed by atoms with Crippen LogP contribution >= 0.6 is 23.2 Å². The molecule has 1 aromatic carbocycles. The second kappa shape index (κ2) is 9.49. The number of primary amides is 1. The number of rotatable bonds is 5. The quantitative estimate of drug-likeness (QED) is 0.661. The zero-order valence-electron chi connectivity index (χ0n) is 16.1. The molecule has 27 heavy (non-hydrogen) atoms. The topological polar surface area (TPSA) is 58.4 Å². The third kappa shape index (κ3) is 5.75. The van der Waals surface area contributed by atoms with Gasteiger partial charge in [-0.2, -0.15) is 0 Å². The Morgan fingerprint density at radius 1 is 1.22 bits per heavy atom. The summed E-state index contributed by atoms with van der Waals surface area (Å²) in [5, 5.41) is 3.04. The first-order valence-corrected chi connectivity index (χ1v) is 10.9. The number of amides is 2. The van der Waals surface area contributed by atoms with Crippen LogP contribution in [0.15, 0.2) is 18.2 Å². The molecule has 1 aliphatic heterocycles. The highest BCUT2D eigenvalue weighted by Crippen LogP contribution is 2.37. The number of hydrogen-bond acceptors (Lipinski definition) is 2. The number of piperidine rings is 1. The van der Waals surface area contributed by atoms with Gasteiger partial charge in [0.15, 0.2) is 0 Å². The molecule has 2 aliphatic rings. The molecular formula is C21H31Cl2N3O. The summed E-state index contributed by atoms with van der Waals surface area (Å²) in [6.45, 7) is 5.16. The molecule has 0 spiro atoms. The Bertz CT molecular complexity index is 654. The highest BCUT2D eigenvalue weighted by molar-refractivity contribution is 6.30. The Morgan fingerprint density at radius 2 is 2.04 bits per heavy atom. The van der Waals surface area contributed by atoms with Crippen LogP contribution < -0.4 is 11.1 Å².